The van der Waals surface area contributed by atoms with E-state index in [2.05, 4.69) is 9.97 Å². The van der Waals surface area contributed by atoms with Crippen molar-refractivity contribution in [3.05, 3.63) is 30.6 Å². The van der Waals surface area contributed by atoms with E-state index in [0.29, 0.717) is 0 Å². The van der Waals surface area contributed by atoms with Crippen molar-refractivity contribution in [1.82, 2.24) is 9.97 Å². The van der Waals surface area contributed by atoms with Crippen molar-refractivity contribution < 1.29 is 28.0 Å². The summed E-state index contributed by atoms with van der Waals surface area (Å²) in [5.41, 5.74) is 2.12. The minimum Gasteiger partial charge on any atom is -0.345 e. The van der Waals surface area contributed by atoms with Crippen LogP contribution in [-0.2, 0) is 47.8 Å². The summed E-state index contributed by atoms with van der Waals surface area (Å²) in [5.74, 6) is 0. The minimum atomic E-state index is -0.639. The van der Waals surface area contributed by atoms with Crippen molar-refractivity contribution in [2.24, 2.45) is 0 Å². The molecule has 0 fully saturated rings. The standard InChI is InChI=1S/C7H6N2.3C2H6OS.2ClH.Os/c1-2-4-7-6(3-1)8-5-9-7;3*1-4(2)3;;;/h1-5H,(H,8,9);3*1-2H3;2*1H;/q;;;;;;+2/p-2. The van der Waals surface area contributed by atoms with Crippen LogP contribution in [0, 0.1) is 0 Å². The topological polar surface area (TPSA) is 79.9 Å². The number of aromatic nitrogens is 2. The van der Waals surface area contributed by atoms with Gasteiger partial charge in [0, 0.05) is 69.9 Å². The fraction of sp³-hybridized carbons (Fsp3) is 0.462. The SMILES string of the molecule is CS(C)=O.CS(C)=O.CS(C)=O.[Cl][Os][Cl].c1ccc2[nH]cnc2c1. The predicted octanol–water partition coefficient (Wildman–Crippen LogP) is 2.92. The molecule has 1 heterocycles. The van der Waals surface area contributed by atoms with Crippen LogP contribution in [0.4, 0.5) is 0 Å². The molecule has 144 valence electrons. The number of H-pyrrole nitrogens is 1. The summed E-state index contributed by atoms with van der Waals surface area (Å²) >= 11 is -0.639. The quantitative estimate of drug-likeness (QED) is 0.496. The molecular weight excluding hydrogens is 589 g/mol. The van der Waals surface area contributed by atoms with Crippen LogP contribution in [0.3, 0.4) is 0 Å². The van der Waals surface area contributed by atoms with E-state index in [1.807, 2.05) is 24.3 Å². The van der Waals surface area contributed by atoms with E-state index in [0.717, 1.165) is 11.0 Å². The minimum absolute atomic E-state index is 0.611. The van der Waals surface area contributed by atoms with E-state index >= 15 is 0 Å². The molecule has 0 spiro atoms. The van der Waals surface area contributed by atoms with Gasteiger partial charge >= 0.3 is 34.7 Å². The van der Waals surface area contributed by atoms with Gasteiger partial charge < -0.3 is 4.98 Å². The molecule has 24 heavy (non-hydrogen) atoms. The van der Waals surface area contributed by atoms with Crippen LogP contribution in [0.5, 0.6) is 0 Å². The summed E-state index contributed by atoms with van der Waals surface area (Å²) in [4.78, 5) is 7.07. The van der Waals surface area contributed by atoms with Crippen LogP contribution in [0.1, 0.15) is 0 Å². The van der Waals surface area contributed by atoms with E-state index in [-0.39, 0.29) is 0 Å². The Kier molecular flexibility index (Phi) is 26.0. The molecule has 0 radical (unpaired) electrons. The number of nitrogens with zero attached hydrogens (tertiary/aromatic N) is 1. The van der Waals surface area contributed by atoms with E-state index in [4.69, 9.17) is 19.3 Å². The fourth-order valence-electron chi connectivity index (χ4n) is 0.880. The van der Waals surface area contributed by atoms with Crippen molar-refractivity contribution in [2.45, 2.75) is 0 Å². The second-order valence-electron chi connectivity index (χ2n) is 4.19. The number of benzene rings is 1. The molecule has 0 atom stereocenters. The third kappa shape index (κ3) is 33.8. The average Bonchev–Trinajstić information content (AvgIpc) is 2.85. The van der Waals surface area contributed by atoms with Crippen LogP contribution in [0.15, 0.2) is 30.6 Å². The number of para-hydroxylation sites is 2. The first-order valence-electron chi connectivity index (χ1n) is 6.06. The van der Waals surface area contributed by atoms with Crippen molar-refractivity contribution in [2.75, 3.05) is 37.5 Å². The van der Waals surface area contributed by atoms with Gasteiger partial charge in [0.05, 0.1) is 17.4 Å². The Hall–Kier alpha value is 0.356. The van der Waals surface area contributed by atoms with E-state index in [1.54, 1.807) is 43.9 Å². The third-order valence-electron chi connectivity index (χ3n) is 1.33. The molecule has 0 saturated heterocycles. The van der Waals surface area contributed by atoms with Gasteiger partial charge in [-0.3, -0.25) is 12.6 Å². The summed E-state index contributed by atoms with van der Waals surface area (Å²) < 4.78 is 28.7. The smallest absolute Gasteiger partial charge is 0.0931 e. The first-order valence-corrected chi connectivity index (χ1v) is 18.3. The second kappa shape index (κ2) is 21.4. The van der Waals surface area contributed by atoms with Gasteiger partial charge in [0.25, 0.3) is 0 Å². The van der Waals surface area contributed by atoms with Crippen molar-refractivity contribution in [3.63, 3.8) is 0 Å². The van der Waals surface area contributed by atoms with Crippen molar-refractivity contribution in [1.29, 1.82) is 0 Å². The largest absolute Gasteiger partial charge is 0.345 e. The second-order valence-corrected chi connectivity index (χ2v) is 12.3. The molecule has 2 aromatic rings. The van der Waals surface area contributed by atoms with Gasteiger partial charge in [-0.2, -0.15) is 0 Å². The summed E-state index contributed by atoms with van der Waals surface area (Å²) in [5, 5.41) is 0. The number of hydrogen-bond acceptors (Lipinski definition) is 4. The molecule has 1 aromatic carbocycles. The Morgan fingerprint density at radius 2 is 1.21 bits per heavy atom. The Morgan fingerprint density at radius 1 is 0.875 bits per heavy atom. The zero-order valence-electron chi connectivity index (χ0n) is 14.4. The zero-order valence-corrected chi connectivity index (χ0v) is 20.9. The van der Waals surface area contributed by atoms with E-state index in [1.165, 1.54) is 0 Å². The summed E-state index contributed by atoms with van der Waals surface area (Å²) in [6, 6.07) is 7.94. The maximum atomic E-state index is 9.56. The third-order valence-corrected chi connectivity index (χ3v) is 1.33. The Morgan fingerprint density at radius 3 is 1.54 bits per heavy atom. The fourth-order valence-corrected chi connectivity index (χ4v) is 0.880. The molecule has 0 aliphatic carbocycles. The predicted molar refractivity (Wildman–Crippen MR) is 108 cm³/mol. The molecule has 0 aliphatic heterocycles. The summed E-state index contributed by atoms with van der Waals surface area (Å²) in [6.45, 7) is 0. The number of imidazole rings is 1. The maximum Gasteiger partial charge on any atom is 0.0931 e. The van der Waals surface area contributed by atoms with Gasteiger partial charge in [0.1, 0.15) is 0 Å². The molecule has 1 N–H and O–H groups in total. The van der Waals surface area contributed by atoms with Crippen LogP contribution in [0.25, 0.3) is 11.0 Å². The summed E-state index contributed by atoms with van der Waals surface area (Å²) in [6.07, 6.45) is 11.5. The van der Waals surface area contributed by atoms with Gasteiger partial charge in [-0.15, -0.1) is 0 Å². The molecule has 1 aromatic heterocycles. The normalized spacial score (nSPS) is 9.12. The van der Waals surface area contributed by atoms with Crippen LogP contribution in [-0.4, -0.2) is 60.1 Å². The molecule has 0 unspecified atom stereocenters. The molecule has 0 aliphatic rings. The molecular formula is C13H24Cl2N2O3OsS3. The van der Waals surface area contributed by atoms with Crippen molar-refractivity contribution >= 4 is 62.7 Å². The number of halogens is 2. The number of aromatic amines is 1. The molecule has 11 heteroatoms. The van der Waals surface area contributed by atoms with Crippen molar-refractivity contribution in [3.8, 4) is 0 Å². The average molecular weight is 614 g/mol. The maximum absolute atomic E-state index is 9.56. The molecule has 0 bridgehead atoms. The van der Waals surface area contributed by atoms with Gasteiger partial charge in [0.15, 0.2) is 0 Å². The number of fused-ring (bicyclic) bond motifs is 1. The first-order chi connectivity index (χ1) is 11.1. The number of rotatable bonds is 0. The Balaban J connectivity index is -0.000000254. The molecule has 2 rings (SSSR count). The molecule has 5 nitrogen and oxygen atoms in total. The van der Waals surface area contributed by atoms with Gasteiger partial charge in [-0.25, -0.2) is 4.98 Å². The van der Waals surface area contributed by atoms with Crippen LogP contribution in [0.2, 0.25) is 0 Å². The van der Waals surface area contributed by atoms with E-state index < -0.39 is 47.8 Å². The summed E-state index contributed by atoms with van der Waals surface area (Å²) in [7, 11) is 7.97. The Bertz CT molecular complexity index is 530. The van der Waals surface area contributed by atoms with Crippen LogP contribution < -0.4 is 0 Å². The number of nitrogens with one attached hydrogen (secondary N) is 1. The zero-order chi connectivity index (χ0) is 19.5. The van der Waals surface area contributed by atoms with Gasteiger partial charge in [0.2, 0.25) is 0 Å². The van der Waals surface area contributed by atoms with Gasteiger partial charge in [-0.05, 0) is 12.1 Å². The Labute approximate surface area is 167 Å². The van der Waals surface area contributed by atoms with Gasteiger partial charge in [-0.1, -0.05) is 12.1 Å². The number of hydrogen-bond donors (Lipinski definition) is 1. The monoisotopic (exact) mass is 614 g/mol. The van der Waals surface area contributed by atoms with E-state index in [9.17, 15) is 12.6 Å². The molecule has 0 saturated carbocycles. The first kappa shape index (κ1) is 29.1. The van der Waals surface area contributed by atoms with Crippen LogP contribution >= 0.6 is 19.3 Å². The molecule has 0 amide bonds.